The van der Waals surface area contributed by atoms with Crippen LogP contribution >= 0.6 is 11.6 Å². The molecule has 0 aliphatic heterocycles. The summed E-state index contributed by atoms with van der Waals surface area (Å²) in [5.74, 6) is -0.550. The number of likely N-dealkylation sites (N-methyl/N-ethyl adjacent to an activating group) is 1. The van der Waals surface area contributed by atoms with Gasteiger partial charge in [0.05, 0.1) is 11.5 Å². The second kappa shape index (κ2) is 8.50. The van der Waals surface area contributed by atoms with Crippen LogP contribution in [0, 0.1) is 10.1 Å². The number of rotatable bonds is 8. The zero-order valence-corrected chi connectivity index (χ0v) is 12.6. The number of hydrogen-bond donors (Lipinski definition) is 1. The van der Waals surface area contributed by atoms with Crippen LogP contribution in [0.4, 0.5) is 5.69 Å². The van der Waals surface area contributed by atoms with Crippen LogP contribution in [-0.4, -0.2) is 61.1 Å². The number of amides is 1. The van der Waals surface area contributed by atoms with E-state index >= 15 is 0 Å². The lowest BCUT2D eigenvalue weighted by molar-refractivity contribution is -0.385. The van der Waals surface area contributed by atoms with Gasteiger partial charge in [0.1, 0.15) is 5.56 Å². The van der Waals surface area contributed by atoms with Gasteiger partial charge in [0.15, 0.2) is 0 Å². The Kier molecular flexibility index (Phi) is 7.00. The molecule has 1 aromatic rings. The highest BCUT2D eigenvalue weighted by Gasteiger charge is 2.24. The summed E-state index contributed by atoms with van der Waals surface area (Å²) < 4.78 is 4.94. The van der Waals surface area contributed by atoms with Crippen molar-refractivity contribution in [1.29, 1.82) is 0 Å². The predicted octanol–water partition coefficient (Wildman–Crippen LogP) is 0.951. The maximum absolute atomic E-state index is 12.0. The normalized spacial score (nSPS) is 10.7. The first kappa shape index (κ1) is 17.3. The first-order valence-electron chi connectivity index (χ1n) is 6.22. The van der Waals surface area contributed by atoms with E-state index in [0.29, 0.717) is 19.7 Å². The number of hydrogen-bond acceptors (Lipinski definition) is 6. The fourth-order valence-electron chi connectivity index (χ4n) is 1.60. The molecule has 0 saturated carbocycles. The summed E-state index contributed by atoms with van der Waals surface area (Å²) in [5.41, 5.74) is -0.580. The number of carbonyl (C=O) groups excluding carboxylic acids is 1. The van der Waals surface area contributed by atoms with E-state index in [-0.39, 0.29) is 10.7 Å². The molecule has 0 saturated heterocycles. The zero-order chi connectivity index (χ0) is 15.8. The van der Waals surface area contributed by atoms with Gasteiger partial charge in [0, 0.05) is 32.9 Å². The van der Waals surface area contributed by atoms with Crippen LogP contribution < -0.4 is 5.32 Å². The number of pyridine rings is 1. The Morgan fingerprint density at radius 3 is 2.90 bits per heavy atom. The smallest absolute Gasteiger partial charge is 0.319 e. The summed E-state index contributed by atoms with van der Waals surface area (Å²) in [4.78, 5) is 27.8. The lowest BCUT2D eigenvalue weighted by Gasteiger charge is -2.16. The molecule has 1 rings (SSSR count). The third-order valence-corrected chi connectivity index (χ3v) is 3.04. The summed E-state index contributed by atoms with van der Waals surface area (Å²) in [7, 11) is 3.50. The van der Waals surface area contributed by atoms with Crippen molar-refractivity contribution in [3.63, 3.8) is 0 Å². The van der Waals surface area contributed by atoms with E-state index in [0.717, 1.165) is 6.54 Å². The van der Waals surface area contributed by atoms with Crippen LogP contribution in [0.25, 0.3) is 0 Å². The highest BCUT2D eigenvalue weighted by molar-refractivity contribution is 6.32. The van der Waals surface area contributed by atoms with Gasteiger partial charge in [0.25, 0.3) is 5.91 Å². The molecule has 1 N–H and O–H groups in total. The van der Waals surface area contributed by atoms with Gasteiger partial charge >= 0.3 is 5.69 Å². The van der Waals surface area contributed by atoms with Crippen LogP contribution in [0.1, 0.15) is 10.4 Å². The summed E-state index contributed by atoms with van der Waals surface area (Å²) in [6.07, 6.45) is 1.26. The van der Waals surface area contributed by atoms with E-state index < -0.39 is 16.5 Å². The molecule has 116 valence electrons. The van der Waals surface area contributed by atoms with Crippen molar-refractivity contribution in [1.82, 2.24) is 15.2 Å². The Bertz CT molecular complexity index is 512. The Morgan fingerprint density at radius 2 is 2.29 bits per heavy atom. The van der Waals surface area contributed by atoms with E-state index in [4.69, 9.17) is 16.3 Å². The van der Waals surface area contributed by atoms with Crippen LogP contribution in [0.15, 0.2) is 12.3 Å². The molecule has 1 heterocycles. The molecular weight excluding hydrogens is 300 g/mol. The summed E-state index contributed by atoms with van der Waals surface area (Å²) in [6, 6.07) is 1.27. The molecule has 8 nitrogen and oxygen atoms in total. The average molecular weight is 317 g/mol. The number of methoxy groups -OCH3 is 1. The molecule has 0 aliphatic rings. The third kappa shape index (κ3) is 5.25. The van der Waals surface area contributed by atoms with E-state index in [9.17, 15) is 14.9 Å². The maximum atomic E-state index is 12.0. The quantitative estimate of drug-likeness (QED) is 0.435. The highest BCUT2D eigenvalue weighted by atomic mass is 35.5. The fourth-order valence-corrected chi connectivity index (χ4v) is 1.83. The Balaban J connectivity index is 2.61. The lowest BCUT2D eigenvalue weighted by Crippen LogP contribution is -2.34. The van der Waals surface area contributed by atoms with Crippen LogP contribution in [-0.2, 0) is 4.74 Å². The van der Waals surface area contributed by atoms with Gasteiger partial charge in [0.2, 0.25) is 5.15 Å². The van der Waals surface area contributed by atoms with Gasteiger partial charge in [-0.1, -0.05) is 11.6 Å². The van der Waals surface area contributed by atoms with E-state index in [2.05, 4.69) is 10.3 Å². The van der Waals surface area contributed by atoms with Gasteiger partial charge in [-0.15, -0.1) is 0 Å². The molecule has 0 aliphatic carbocycles. The van der Waals surface area contributed by atoms with Crippen molar-refractivity contribution in [2.24, 2.45) is 0 Å². The first-order valence-corrected chi connectivity index (χ1v) is 6.59. The molecule has 0 unspecified atom stereocenters. The SMILES string of the molecule is COCCN(C)CCNC(=O)c1ccnc(Cl)c1[N+](=O)[O-]. The van der Waals surface area contributed by atoms with Crippen molar-refractivity contribution < 1.29 is 14.5 Å². The summed E-state index contributed by atoms with van der Waals surface area (Å²) in [6.45, 7) is 2.28. The Hall–Kier alpha value is -1.77. The van der Waals surface area contributed by atoms with Crippen molar-refractivity contribution >= 4 is 23.2 Å². The molecule has 9 heteroatoms. The fraction of sp³-hybridized carbons (Fsp3) is 0.500. The predicted molar refractivity (Wildman–Crippen MR) is 77.6 cm³/mol. The molecule has 0 bridgehead atoms. The van der Waals surface area contributed by atoms with Crippen molar-refractivity contribution in [2.75, 3.05) is 40.4 Å². The second-order valence-corrected chi connectivity index (χ2v) is 4.67. The maximum Gasteiger partial charge on any atom is 0.319 e. The largest absolute Gasteiger partial charge is 0.383 e. The lowest BCUT2D eigenvalue weighted by atomic mass is 10.2. The summed E-state index contributed by atoms with van der Waals surface area (Å²) >= 11 is 5.66. The third-order valence-electron chi connectivity index (χ3n) is 2.76. The van der Waals surface area contributed by atoms with Crippen LogP contribution in [0.5, 0.6) is 0 Å². The molecular formula is C12H17ClN4O4. The van der Waals surface area contributed by atoms with Gasteiger partial charge in [-0.3, -0.25) is 14.9 Å². The van der Waals surface area contributed by atoms with E-state index in [1.54, 1.807) is 7.11 Å². The Labute approximate surface area is 127 Å². The second-order valence-electron chi connectivity index (χ2n) is 4.31. The molecule has 21 heavy (non-hydrogen) atoms. The van der Waals surface area contributed by atoms with Crippen LogP contribution in [0.2, 0.25) is 5.15 Å². The molecule has 0 atom stereocenters. The number of nitrogens with one attached hydrogen (secondary N) is 1. The van der Waals surface area contributed by atoms with Crippen molar-refractivity contribution in [2.45, 2.75) is 0 Å². The first-order chi connectivity index (χ1) is 9.97. The molecule has 0 aromatic carbocycles. The zero-order valence-electron chi connectivity index (χ0n) is 11.8. The minimum absolute atomic E-state index is 0.0976. The number of carbonyl (C=O) groups is 1. The molecule has 1 aromatic heterocycles. The topological polar surface area (TPSA) is 97.6 Å². The molecule has 0 spiro atoms. The van der Waals surface area contributed by atoms with Crippen LogP contribution in [0.3, 0.4) is 0 Å². The molecule has 1 amide bonds. The van der Waals surface area contributed by atoms with Gasteiger partial charge in [-0.25, -0.2) is 4.98 Å². The number of aromatic nitrogens is 1. The monoisotopic (exact) mass is 316 g/mol. The molecule has 0 radical (unpaired) electrons. The standard InChI is InChI=1S/C12H17ClN4O4/c1-16(7-8-21-2)6-5-15-12(18)9-3-4-14-11(13)10(9)17(19)20/h3-4H,5-8H2,1-2H3,(H,15,18). The minimum Gasteiger partial charge on any atom is -0.383 e. The Morgan fingerprint density at radius 1 is 1.57 bits per heavy atom. The number of nitro groups is 1. The summed E-state index contributed by atoms with van der Waals surface area (Å²) in [5, 5.41) is 13.2. The van der Waals surface area contributed by atoms with E-state index in [1.807, 2.05) is 11.9 Å². The number of nitrogens with zero attached hydrogens (tertiary/aromatic N) is 3. The highest BCUT2D eigenvalue weighted by Crippen LogP contribution is 2.25. The molecule has 0 fully saturated rings. The minimum atomic E-state index is -0.713. The van der Waals surface area contributed by atoms with Gasteiger partial charge < -0.3 is 15.0 Å². The average Bonchev–Trinajstić information content (AvgIpc) is 2.44. The number of halogens is 1. The van der Waals surface area contributed by atoms with E-state index in [1.165, 1.54) is 12.3 Å². The van der Waals surface area contributed by atoms with Crippen molar-refractivity contribution in [3.05, 3.63) is 33.1 Å². The number of ether oxygens (including phenoxy) is 1. The van der Waals surface area contributed by atoms with Crippen molar-refractivity contribution in [3.8, 4) is 0 Å². The van der Waals surface area contributed by atoms with Gasteiger partial charge in [-0.2, -0.15) is 0 Å². The van der Waals surface area contributed by atoms with Gasteiger partial charge in [-0.05, 0) is 13.1 Å².